The Morgan fingerprint density at radius 1 is 0.944 bits per heavy atom. The van der Waals surface area contributed by atoms with Gasteiger partial charge in [-0.2, -0.15) is 13.2 Å². The van der Waals surface area contributed by atoms with Crippen molar-refractivity contribution in [2.45, 2.75) is 6.18 Å². The predicted octanol–water partition coefficient (Wildman–Crippen LogP) is 4.18. The topological polar surface area (TPSA) is 17.1 Å². The molecule has 0 N–H and O–H groups in total. The van der Waals surface area contributed by atoms with Crippen LogP contribution in [0.5, 0.6) is 0 Å². The summed E-state index contributed by atoms with van der Waals surface area (Å²) >= 11 is 0. The maximum Gasteiger partial charge on any atom is 0.416 e. The Labute approximate surface area is 105 Å². The number of halogens is 3. The van der Waals surface area contributed by atoms with Gasteiger partial charge in [-0.3, -0.25) is 4.79 Å². The summed E-state index contributed by atoms with van der Waals surface area (Å²) < 4.78 is 52.8. The molecule has 0 aromatic heterocycles. The molecule has 92 valence electrons. The van der Waals surface area contributed by atoms with Crippen LogP contribution in [0.15, 0.2) is 48.5 Å². The number of alkyl halides is 3. The van der Waals surface area contributed by atoms with Crippen molar-refractivity contribution in [2.75, 3.05) is 0 Å². The van der Waals surface area contributed by atoms with Crippen molar-refractivity contribution < 1.29 is 20.7 Å². The molecule has 0 bridgehead atoms. The number of carbonyl (C=O) groups excluding carboxylic acids is 1. The molecular formula is C14H9F3O. The minimum absolute atomic E-state index is 0.0747. The summed E-state index contributed by atoms with van der Waals surface area (Å²) in [6, 6.07) is 6.74. The number of hydrogen-bond donors (Lipinski definition) is 0. The molecule has 0 heterocycles. The first-order valence-electron chi connectivity index (χ1n) is 6.07. The first-order chi connectivity index (χ1) is 9.34. The van der Waals surface area contributed by atoms with Crippen LogP contribution < -0.4 is 0 Å². The van der Waals surface area contributed by atoms with Gasteiger partial charge in [0.25, 0.3) is 0 Å². The van der Waals surface area contributed by atoms with E-state index in [1.54, 1.807) is 0 Å². The van der Waals surface area contributed by atoms with E-state index >= 15 is 0 Å². The van der Waals surface area contributed by atoms with Gasteiger partial charge in [-0.25, -0.2) is 0 Å². The number of carbonyl (C=O) groups is 1. The molecule has 0 saturated carbocycles. The highest BCUT2D eigenvalue weighted by Gasteiger charge is 2.29. The molecule has 4 heteroatoms. The van der Waals surface area contributed by atoms with E-state index in [-0.39, 0.29) is 17.6 Å². The maximum atomic E-state index is 12.5. The largest absolute Gasteiger partial charge is 0.416 e. The van der Waals surface area contributed by atoms with Crippen LogP contribution in [0.2, 0.25) is 0 Å². The summed E-state index contributed by atoms with van der Waals surface area (Å²) in [5.41, 5.74) is 0.0114. The lowest BCUT2D eigenvalue weighted by Crippen LogP contribution is -2.03. The molecule has 0 spiro atoms. The monoisotopic (exact) mass is 252 g/mol. The van der Waals surface area contributed by atoms with Gasteiger partial charge in [-0.15, -0.1) is 0 Å². The van der Waals surface area contributed by atoms with E-state index in [1.807, 2.05) is 0 Å². The van der Waals surface area contributed by atoms with E-state index in [1.165, 1.54) is 24.3 Å². The van der Waals surface area contributed by atoms with Gasteiger partial charge in [-0.05, 0) is 23.3 Å². The van der Waals surface area contributed by atoms with E-state index in [0.29, 0.717) is 17.4 Å². The van der Waals surface area contributed by atoms with Crippen molar-refractivity contribution in [3.05, 3.63) is 59.6 Å². The Hall–Kier alpha value is -2.10. The third-order valence-corrected chi connectivity index (χ3v) is 2.42. The van der Waals surface area contributed by atoms with Crippen LogP contribution in [0.1, 0.15) is 18.7 Å². The summed E-state index contributed by atoms with van der Waals surface area (Å²) in [4.78, 5) is 10.7. The van der Waals surface area contributed by atoms with Crippen molar-refractivity contribution in [1.82, 2.24) is 0 Å². The van der Waals surface area contributed by atoms with Gasteiger partial charge in [0.1, 0.15) is 6.29 Å². The van der Waals surface area contributed by atoms with E-state index in [9.17, 15) is 18.0 Å². The van der Waals surface area contributed by atoms with Gasteiger partial charge >= 0.3 is 6.18 Å². The van der Waals surface area contributed by atoms with Gasteiger partial charge in [0, 0.05) is 5.56 Å². The van der Waals surface area contributed by atoms with Crippen LogP contribution in [-0.2, 0) is 6.18 Å². The predicted molar refractivity (Wildman–Crippen MR) is 62.3 cm³/mol. The van der Waals surface area contributed by atoms with Gasteiger partial charge < -0.3 is 0 Å². The van der Waals surface area contributed by atoms with Crippen LogP contribution in [-0.4, -0.2) is 6.29 Å². The fourth-order valence-corrected chi connectivity index (χ4v) is 1.47. The third kappa shape index (κ3) is 2.59. The summed E-state index contributed by atoms with van der Waals surface area (Å²) in [5.74, 6) is 0. The Kier molecular flexibility index (Phi) is 2.55. The average molecular weight is 252 g/mol. The fourth-order valence-electron chi connectivity index (χ4n) is 1.47. The molecule has 18 heavy (non-hydrogen) atoms. The molecule has 2 aromatic carbocycles. The van der Waals surface area contributed by atoms with Crippen LogP contribution in [0.3, 0.4) is 0 Å². The number of rotatable bonds is 2. The van der Waals surface area contributed by atoms with Gasteiger partial charge in [0.2, 0.25) is 0 Å². The average Bonchev–Trinajstić information content (AvgIpc) is 2.41. The Morgan fingerprint density at radius 2 is 1.56 bits per heavy atom. The van der Waals surface area contributed by atoms with Crippen molar-refractivity contribution >= 4 is 6.29 Å². The molecule has 0 unspecified atom stereocenters. The standard InChI is InChI=1S/C14H9F3O/c15-14(16,17)13-7-5-12(6-8-13)11-3-1-10(9-18)2-4-11/h1-9H/i1D,3D. The summed E-state index contributed by atoms with van der Waals surface area (Å²) in [7, 11) is 0. The van der Waals surface area contributed by atoms with E-state index < -0.39 is 11.7 Å². The van der Waals surface area contributed by atoms with Crippen molar-refractivity contribution in [3.8, 4) is 11.1 Å². The van der Waals surface area contributed by atoms with Gasteiger partial charge in [0.15, 0.2) is 0 Å². The molecule has 0 fully saturated rings. The van der Waals surface area contributed by atoms with Crippen LogP contribution in [0.25, 0.3) is 11.1 Å². The number of hydrogen-bond acceptors (Lipinski definition) is 1. The van der Waals surface area contributed by atoms with Crippen LogP contribution >= 0.6 is 0 Å². The minimum Gasteiger partial charge on any atom is -0.298 e. The zero-order valence-electron chi connectivity index (χ0n) is 11.1. The SMILES string of the molecule is [2H]c1c(C=O)ccc(-c2ccc(C(F)(F)F)cc2)c1[2H]. The summed E-state index contributed by atoms with van der Waals surface area (Å²) in [6.45, 7) is 0. The Balaban J connectivity index is 2.47. The van der Waals surface area contributed by atoms with E-state index in [4.69, 9.17) is 2.74 Å². The zero-order chi connectivity index (χ0) is 14.9. The maximum absolute atomic E-state index is 12.5. The lowest BCUT2D eigenvalue weighted by Gasteiger charge is -2.07. The molecule has 0 aliphatic heterocycles. The second-order valence-corrected chi connectivity index (χ2v) is 3.65. The summed E-state index contributed by atoms with van der Waals surface area (Å²) in [5, 5.41) is 0. The van der Waals surface area contributed by atoms with Crippen molar-refractivity contribution in [3.63, 3.8) is 0 Å². The lowest BCUT2D eigenvalue weighted by molar-refractivity contribution is -0.137. The highest BCUT2D eigenvalue weighted by Crippen LogP contribution is 2.30. The molecular weight excluding hydrogens is 241 g/mol. The lowest BCUT2D eigenvalue weighted by atomic mass is 10.0. The Morgan fingerprint density at radius 3 is 2.11 bits per heavy atom. The first kappa shape index (κ1) is 9.88. The highest BCUT2D eigenvalue weighted by molar-refractivity contribution is 5.76. The Bertz CT molecular complexity index is 649. The fraction of sp³-hybridized carbons (Fsp3) is 0.0714. The molecule has 0 radical (unpaired) electrons. The van der Waals surface area contributed by atoms with Crippen LogP contribution in [0.4, 0.5) is 13.2 Å². The molecule has 0 aliphatic rings. The molecule has 2 rings (SSSR count). The minimum atomic E-state index is -4.41. The molecule has 0 atom stereocenters. The second-order valence-electron chi connectivity index (χ2n) is 3.65. The molecule has 1 nitrogen and oxygen atoms in total. The van der Waals surface area contributed by atoms with E-state index in [0.717, 1.165) is 12.1 Å². The second kappa shape index (κ2) is 4.64. The molecule has 2 aromatic rings. The molecule has 0 amide bonds. The van der Waals surface area contributed by atoms with Gasteiger partial charge in [-0.1, -0.05) is 36.4 Å². The smallest absolute Gasteiger partial charge is 0.298 e. The normalized spacial score (nSPS) is 12.8. The van der Waals surface area contributed by atoms with Crippen LogP contribution in [0, 0.1) is 0 Å². The van der Waals surface area contributed by atoms with Crippen molar-refractivity contribution in [1.29, 1.82) is 0 Å². The number of aldehydes is 1. The first-order valence-corrected chi connectivity index (χ1v) is 5.07. The highest BCUT2D eigenvalue weighted by atomic mass is 19.4. The van der Waals surface area contributed by atoms with E-state index in [2.05, 4.69) is 0 Å². The van der Waals surface area contributed by atoms with Crippen molar-refractivity contribution in [2.24, 2.45) is 0 Å². The summed E-state index contributed by atoms with van der Waals surface area (Å²) in [6.07, 6.45) is -3.94. The third-order valence-electron chi connectivity index (χ3n) is 2.42. The zero-order valence-corrected chi connectivity index (χ0v) is 9.08. The quantitative estimate of drug-likeness (QED) is 0.732. The van der Waals surface area contributed by atoms with Gasteiger partial charge in [0.05, 0.1) is 8.30 Å². The molecule has 0 saturated heterocycles. The molecule has 0 aliphatic carbocycles. The number of benzene rings is 2.